The summed E-state index contributed by atoms with van der Waals surface area (Å²) in [7, 11) is 3.22. The Labute approximate surface area is 222 Å². The van der Waals surface area contributed by atoms with Crippen LogP contribution in [0.2, 0.25) is 10.0 Å². The van der Waals surface area contributed by atoms with E-state index in [-0.39, 0.29) is 11.7 Å². The summed E-state index contributed by atoms with van der Waals surface area (Å²) in [5, 5.41) is 14.0. The van der Waals surface area contributed by atoms with Crippen molar-refractivity contribution in [1.29, 1.82) is 0 Å². The van der Waals surface area contributed by atoms with Crippen molar-refractivity contribution in [3.05, 3.63) is 82.3 Å². The molecule has 0 aliphatic carbocycles. The highest BCUT2D eigenvalue weighted by molar-refractivity contribution is 7.99. The van der Waals surface area contributed by atoms with E-state index >= 15 is 0 Å². The molecule has 0 saturated carbocycles. The number of halogens is 2. The molecule has 3 aromatic carbocycles. The second-order valence-corrected chi connectivity index (χ2v) is 9.02. The Morgan fingerprint density at radius 3 is 2.33 bits per heavy atom. The maximum atomic E-state index is 12.4. The number of hydrogen-bond acceptors (Lipinski definition) is 7. The van der Waals surface area contributed by atoms with Crippen molar-refractivity contribution in [3.63, 3.8) is 0 Å². The SMILES string of the molecule is COc1ccc(-c2nnc(SCC(=O)N/N=C/c3cccc(Cl)c3Cl)n2-c2ccc(OC)cc2)cc1. The Hall–Kier alpha value is -3.53. The normalized spacial score (nSPS) is 11.0. The summed E-state index contributed by atoms with van der Waals surface area (Å²) in [6.45, 7) is 0. The van der Waals surface area contributed by atoms with E-state index in [1.807, 2.05) is 53.1 Å². The Bertz CT molecular complexity index is 1380. The fourth-order valence-corrected chi connectivity index (χ4v) is 4.31. The first-order valence-electron chi connectivity index (χ1n) is 10.6. The topological polar surface area (TPSA) is 90.6 Å². The lowest BCUT2D eigenvalue weighted by atomic mass is 10.2. The molecule has 1 N–H and O–H groups in total. The van der Waals surface area contributed by atoms with Gasteiger partial charge in [0.1, 0.15) is 11.5 Å². The van der Waals surface area contributed by atoms with Gasteiger partial charge in [-0.1, -0.05) is 47.1 Å². The third kappa shape index (κ3) is 5.99. The van der Waals surface area contributed by atoms with Crippen LogP contribution in [0, 0.1) is 0 Å². The highest BCUT2D eigenvalue weighted by Crippen LogP contribution is 2.30. The summed E-state index contributed by atoms with van der Waals surface area (Å²) in [6.07, 6.45) is 1.44. The summed E-state index contributed by atoms with van der Waals surface area (Å²) >= 11 is 13.4. The van der Waals surface area contributed by atoms with Crippen LogP contribution >= 0.6 is 35.0 Å². The van der Waals surface area contributed by atoms with E-state index < -0.39 is 0 Å². The van der Waals surface area contributed by atoms with Gasteiger partial charge in [0, 0.05) is 16.8 Å². The lowest BCUT2D eigenvalue weighted by Crippen LogP contribution is -2.20. The van der Waals surface area contributed by atoms with Gasteiger partial charge in [-0.25, -0.2) is 5.43 Å². The number of carbonyl (C=O) groups excluding carboxylic acids is 1. The summed E-state index contributed by atoms with van der Waals surface area (Å²) in [4.78, 5) is 12.4. The van der Waals surface area contributed by atoms with Crippen LogP contribution in [0.3, 0.4) is 0 Å². The minimum Gasteiger partial charge on any atom is -0.497 e. The Balaban J connectivity index is 1.53. The number of benzene rings is 3. The first-order valence-corrected chi connectivity index (χ1v) is 12.4. The first kappa shape index (κ1) is 25.6. The monoisotopic (exact) mass is 541 g/mol. The number of methoxy groups -OCH3 is 2. The number of hydrogen-bond donors (Lipinski definition) is 1. The zero-order valence-electron chi connectivity index (χ0n) is 19.3. The van der Waals surface area contributed by atoms with Crippen LogP contribution in [-0.4, -0.2) is 46.9 Å². The van der Waals surface area contributed by atoms with E-state index in [0.717, 1.165) is 22.7 Å². The van der Waals surface area contributed by atoms with Crippen molar-refractivity contribution < 1.29 is 14.3 Å². The minimum absolute atomic E-state index is 0.0670. The zero-order valence-corrected chi connectivity index (χ0v) is 21.6. The van der Waals surface area contributed by atoms with Crippen LogP contribution in [0.1, 0.15) is 5.56 Å². The number of nitrogens with zero attached hydrogens (tertiary/aromatic N) is 4. The molecule has 4 aromatic rings. The molecule has 1 aromatic heterocycles. The highest BCUT2D eigenvalue weighted by Gasteiger charge is 2.17. The number of hydrazone groups is 1. The number of nitrogens with one attached hydrogen (secondary N) is 1. The third-order valence-corrected chi connectivity index (χ3v) is 6.78. The first-order chi connectivity index (χ1) is 17.5. The maximum absolute atomic E-state index is 12.4. The molecule has 0 spiro atoms. The Morgan fingerprint density at radius 2 is 1.67 bits per heavy atom. The summed E-state index contributed by atoms with van der Waals surface area (Å²) in [5.74, 6) is 1.84. The van der Waals surface area contributed by atoms with E-state index in [1.165, 1.54) is 18.0 Å². The molecule has 0 fully saturated rings. The van der Waals surface area contributed by atoms with Crippen molar-refractivity contribution in [1.82, 2.24) is 20.2 Å². The molecule has 11 heteroatoms. The van der Waals surface area contributed by atoms with Crippen LogP contribution in [0.4, 0.5) is 0 Å². The molecule has 1 heterocycles. The van der Waals surface area contributed by atoms with Crippen molar-refractivity contribution in [2.24, 2.45) is 5.10 Å². The van der Waals surface area contributed by atoms with Crippen LogP contribution in [0.15, 0.2) is 77.0 Å². The van der Waals surface area contributed by atoms with E-state index in [1.54, 1.807) is 32.4 Å². The Kier molecular flexibility index (Phi) is 8.48. The van der Waals surface area contributed by atoms with Crippen LogP contribution < -0.4 is 14.9 Å². The number of thioether (sulfide) groups is 1. The van der Waals surface area contributed by atoms with E-state index in [2.05, 4.69) is 20.7 Å². The average Bonchev–Trinajstić information content (AvgIpc) is 3.34. The van der Waals surface area contributed by atoms with Gasteiger partial charge in [0.25, 0.3) is 5.91 Å². The zero-order chi connectivity index (χ0) is 25.5. The molecule has 4 rings (SSSR count). The predicted octanol–water partition coefficient (Wildman–Crippen LogP) is 5.50. The molecule has 0 aliphatic rings. The molecule has 0 saturated heterocycles. The fourth-order valence-electron chi connectivity index (χ4n) is 3.21. The second kappa shape index (κ2) is 11.9. The standard InChI is InChI=1S/C25H21Cl2N5O3S/c1-34-19-10-6-16(7-11-19)24-30-31-25(32(24)18-8-12-20(35-2)13-9-18)36-15-22(33)29-28-14-17-4-3-5-21(26)23(17)27/h3-14H,15H2,1-2H3,(H,29,33)/b28-14+. The smallest absolute Gasteiger partial charge is 0.250 e. The molecule has 8 nitrogen and oxygen atoms in total. The van der Waals surface area contributed by atoms with Gasteiger partial charge in [0.2, 0.25) is 0 Å². The second-order valence-electron chi connectivity index (χ2n) is 7.29. The van der Waals surface area contributed by atoms with E-state index in [4.69, 9.17) is 32.7 Å². The van der Waals surface area contributed by atoms with Gasteiger partial charge in [0.15, 0.2) is 11.0 Å². The number of rotatable bonds is 9. The van der Waals surface area contributed by atoms with Crippen molar-refractivity contribution >= 4 is 47.1 Å². The molecule has 0 atom stereocenters. The molecule has 0 unspecified atom stereocenters. The van der Waals surface area contributed by atoms with Gasteiger partial charge in [-0.3, -0.25) is 9.36 Å². The van der Waals surface area contributed by atoms with Gasteiger partial charge in [0.05, 0.1) is 36.2 Å². The molecule has 184 valence electrons. The molecule has 0 bridgehead atoms. The van der Waals surface area contributed by atoms with Crippen molar-refractivity contribution in [2.75, 3.05) is 20.0 Å². The average molecular weight is 542 g/mol. The fraction of sp³-hybridized carbons (Fsp3) is 0.120. The molecule has 0 radical (unpaired) electrons. The van der Waals surface area contributed by atoms with E-state index in [0.29, 0.717) is 26.6 Å². The minimum atomic E-state index is -0.315. The quantitative estimate of drug-likeness (QED) is 0.171. The number of ether oxygens (including phenoxy) is 2. The molecular weight excluding hydrogens is 521 g/mol. The van der Waals surface area contributed by atoms with Crippen LogP contribution in [-0.2, 0) is 4.79 Å². The predicted molar refractivity (Wildman–Crippen MR) is 143 cm³/mol. The van der Waals surface area contributed by atoms with Gasteiger partial charge >= 0.3 is 0 Å². The molecule has 36 heavy (non-hydrogen) atoms. The van der Waals surface area contributed by atoms with Crippen molar-refractivity contribution in [3.8, 4) is 28.6 Å². The highest BCUT2D eigenvalue weighted by atomic mass is 35.5. The lowest BCUT2D eigenvalue weighted by molar-refractivity contribution is -0.118. The Morgan fingerprint density at radius 1 is 1.00 bits per heavy atom. The maximum Gasteiger partial charge on any atom is 0.250 e. The number of carbonyl (C=O) groups is 1. The molecule has 0 aliphatic heterocycles. The number of aromatic nitrogens is 3. The van der Waals surface area contributed by atoms with Crippen LogP contribution in [0.25, 0.3) is 17.1 Å². The molecule has 1 amide bonds. The number of amides is 1. The summed E-state index contributed by atoms with van der Waals surface area (Å²) < 4.78 is 12.4. The van der Waals surface area contributed by atoms with E-state index in [9.17, 15) is 4.79 Å². The largest absolute Gasteiger partial charge is 0.497 e. The summed E-state index contributed by atoms with van der Waals surface area (Å²) in [5.41, 5.74) is 4.76. The van der Waals surface area contributed by atoms with Crippen molar-refractivity contribution in [2.45, 2.75) is 5.16 Å². The van der Waals surface area contributed by atoms with Gasteiger partial charge in [-0.2, -0.15) is 5.10 Å². The summed E-state index contributed by atoms with van der Waals surface area (Å²) in [6, 6.07) is 20.2. The third-order valence-electron chi connectivity index (χ3n) is 5.02. The lowest BCUT2D eigenvalue weighted by Gasteiger charge is -2.11. The van der Waals surface area contributed by atoms with Crippen LogP contribution in [0.5, 0.6) is 11.5 Å². The van der Waals surface area contributed by atoms with Gasteiger partial charge in [-0.15, -0.1) is 10.2 Å². The molecular formula is C25H21Cl2N5O3S. The van der Waals surface area contributed by atoms with Gasteiger partial charge in [-0.05, 0) is 54.6 Å². The van der Waals surface area contributed by atoms with Gasteiger partial charge < -0.3 is 9.47 Å².